The number of unbranched alkanes of at least 4 members (excludes halogenated alkanes) is 3. The summed E-state index contributed by atoms with van der Waals surface area (Å²) in [6, 6.07) is 3.51. The number of carbonyl (C=O) groups is 1. The van der Waals surface area contributed by atoms with Gasteiger partial charge in [-0.25, -0.2) is 4.79 Å². The molecular formula is C25H36O3. The van der Waals surface area contributed by atoms with Gasteiger partial charge in [0.1, 0.15) is 5.76 Å². The second kappa shape index (κ2) is 10.5. The molecule has 0 unspecified atom stereocenters. The molecule has 0 saturated carbocycles. The first-order valence-electron chi connectivity index (χ1n) is 10.7. The van der Waals surface area contributed by atoms with Crippen molar-refractivity contribution in [2.75, 3.05) is 6.61 Å². The van der Waals surface area contributed by atoms with E-state index in [1.807, 2.05) is 12.1 Å². The van der Waals surface area contributed by atoms with Crippen molar-refractivity contribution in [1.29, 1.82) is 0 Å². The van der Waals surface area contributed by atoms with Crippen LogP contribution in [0.25, 0.3) is 6.08 Å². The maximum Gasteiger partial charge on any atom is 0.374 e. The lowest BCUT2D eigenvalue weighted by atomic mass is 9.72. The lowest BCUT2D eigenvalue weighted by Crippen LogP contribution is -2.19. The molecule has 1 aliphatic rings. The average molecular weight is 385 g/mol. The number of allylic oxidation sites excluding steroid dienone is 5. The van der Waals surface area contributed by atoms with Crippen LogP contribution in [0, 0.1) is 5.41 Å². The van der Waals surface area contributed by atoms with Crippen molar-refractivity contribution in [3.63, 3.8) is 0 Å². The van der Waals surface area contributed by atoms with Crippen molar-refractivity contribution in [3.8, 4) is 0 Å². The van der Waals surface area contributed by atoms with Crippen LogP contribution in [0.3, 0.4) is 0 Å². The summed E-state index contributed by atoms with van der Waals surface area (Å²) in [6.07, 6.45) is 14.4. The summed E-state index contributed by atoms with van der Waals surface area (Å²) < 4.78 is 10.9. The number of rotatable bonds is 9. The maximum atomic E-state index is 12.1. The summed E-state index contributed by atoms with van der Waals surface area (Å²) in [5.74, 6) is 0.563. The molecule has 0 fully saturated rings. The van der Waals surface area contributed by atoms with Crippen LogP contribution < -0.4 is 0 Å². The van der Waals surface area contributed by atoms with Gasteiger partial charge < -0.3 is 9.15 Å². The Labute approximate surface area is 170 Å². The van der Waals surface area contributed by atoms with E-state index in [0.29, 0.717) is 12.4 Å². The van der Waals surface area contributed by atoms with Gasteiger partial charge in [0.25, 0.3) is 0 Å². The van der Waals surface area contributed by atoms with Crippen LogP contribution >= 0.6 is 0 Å². The molecule has 154 valence electrons. The fourth-order valence-corrected chi connectivity index (χ4v) is 3.80. The molecule has 0 spiro atoms. The number of hydrogen-bond donors (Lipinski definition) is 0. The van der Waals surface area contributed by atoms with E-state index in [0.717, 1.165) is 18.4 Å². The van der Waals surface area contributed by atoms with Gasteiger partial charge in [-0.2, -0.15) is 0 Å². The third kappa shape index (κ3) is 6.54. The van der Waals surface area contributed by atoms with E-state index in [1.54, 1.807) is 6.07 Å². The monoisotopic (exact) mass is 384 g/mol. The van der Waals surface area contributed by atoms with Gasteiger partial charge in [-0.15, -0.1) is 0 Å². The summed E-state index contributed by atoms with van der Waals surface area (Å²) in [4.78, 5) is 12.1. The second-order valence-electron chi connectivity index (χ2n) is 8.55. The van der Waals surface area contributed by atoms with E-state index in [2.05, 4.69) is 46.8 Å². The summed E-state index contributed by atoms with van der Waals surface area (Å²) in [6.45, 7) is 11.6. The number of hydrogen-bond acceptors (Lipinski definition) is 3. The van der Waals surface area contributed by atoms with Crippen molar-refractivity contribution < 1.29 is 13.9 Å². The number of carbonyl (C=O) groups excluding carboxylic acids is 1. The molecule has 0 saturated heterocycles. The highest BCUT2D eigenvalue weighted by atomic mass is 16.5. The smallest absolute Gasteiger partial charge is 0.374 e. The fourth-order valence-electron chi connectivity index (χ4n) is 3.80. The largest absolute Gasteiger partial charge is 0.460 e. The van der Waals surface area contributed by atoms with Gasteiger partial charge in [0.2, 0.25) is 5.76 Å². The molecule has 1 aliphatic carbocycles. The third-order valence-corrected chi connectivity index (χ3v) is 5.48. The summed E-state index contributed by atoms with van der Waals surface area (Å²) in [5.41, 5.74) is 4.26. The average Bonchev–Trinajstić information content (AvgIpc) is 3.09. The fraction of sp³-hybridized carbons (Fsp3) is 0.560. The molecular weight excluding hydrogens is 348 g/mol. The Bertz CT molecular complexity index is 744. The number of esters is 1. The van der Waals surface area contributed by atoms with E-state index in [9.17, 15) is 4.79 Å². The minimum absolute atomic E-state index is 0.234. The Kier molecular flexibility index (Phi) is 8.35. The summed E-state index contributed by atoms with van der Waals surface area (Å²) >= 11 is 0. The predicted molar refractivity (Wildman–Crippen MR) is 116 cm³/mol. The lowest BCUT2D eigenvalue weighted by Gasteiger charge is -2.32. The van der Waals surface area contributed by atoms with Crippen LogP contribution in [0.2, 0.25) is 0 Å². The van der Waals surface area contributed by atoms with E-state index in [-0.39, 0.29) is 17.1 Å². The Morgan fingerprint density at radius 2 is 2.04 bits per heavy atom. The van der Waals surface area contributed by atoms with Gasteiger partial charge >= 0.3 is 5.97 Å². The quantitative estimate of drug-likeness (QED) is 0.251. The molecule has 0 bridgehead atoms. The molecule has 0 radical (unpaired) electrons. The van der Waals surface area contributed by atoms with Gasteiger partial charge in [-0.1, -0.05) is 57.8 Å². The molecule has 0 N–H and O–H groups in total. The van der Waals surface area contributed by atoms with Crippen molar-refractivity contribution >= 4 is 12.0 Å². The molecule has 1 aromatic rings. The van der Waals surface area contributed by atoms with Gasteiger partial charge in [0, 0.05) is 0 Å². The SMILES string of the molecule is CCCCCCOC(=O)c1ccc(/C=C(C)/C=C/C2=C(C)CCCC2(C)C)o1. The van der Waals surface area contributed by atoms with Crippen molar-refractivity contribution in [2.24, 2.45) is 5.41 Å². The molecule has 0 amide bonds. The van der Waals surface area contributed by atoms with E-state index in [4.69, 9.17) is 9.15 Å². The van der Waals surface area contributed by atoms with Crippen LogP contribution in [-0.2, 0) is 4.74 Å². The summed E-state index contributed by atoms with van der Waals surface area (Å²) in [5, 5.41) is 0. The van der Waals surface area contributed by atoms with Gasteiger partial charge in [-0.05, 0) is 74.3 Å². The molecule has 3 nitrogen and oxygen atoms in total. The topological polar surface area (TPSA) is 39.4 Å². The van der Waals surface area contributed by atoms with E-state index in [1.165, 1.54) is 43.3 Å². The molecule has 1 aromatic heterocycles. The van der Waals surface area contributed by atoms with E-state index >= 15 is 0 Å². The zero-order chi connectivity index (χ0) is 20.6. The lowest BCUT2D eigenvalue weighted by molar-refractivity contribution is 0.0461. The van der Waals surface area contributed by atoms with Crippen LogP contribution in [0.5, 0.6) is 0 Å². The highest BCUT2D eigenvalue weighted by Gasteiger charge is 2.26. The van der Waals surface area contributed by atoms with Crippen LogP contribution in [-0.4, -0.2) is 12.6 Å². The molecule has 2 rings (SSSR count). The van der Waals surface area contributed by atoms with Crippen molar-refractivity contribution in [3.05, 3.63) is 52.5 Å². The predicted octanol–water partition coefficient (Wildman–Crippen LogP) is 7.50. The molecule has 3 heteroatoms. The van der Waals surface area contributed by atoms with Crippen LogP contribution in [0.4, 0.5) is 0 Å². The van der Waals surface area contributed by atoms with Crippen molar-refractivity contribution in [1.82, 2.24) is 0 Å². The minimum Gasteiger partial charge on any atom is -0.460 e. The Balaban J connectivity index is 1.95. The first kappa shape index (κ1) is 22.3. The second-order valence-corrected chi connectivity index (χ2v) is 8.55. The molecule has 28 heavy (non-hydrogen) atoms. The number of ether oxygens (including phenoxy) is 1. The van der Waals surface area contributed by atoms with Gasteiger partial charge in [0.15, 0.2) is 0 Å². The normalized spacial score (nSPS) is 17.4. The maximum absolute atomic E-state index is 12.1. The van der Waals surface area contributed by atoms with E-state index < -0.39 is 0 Å². The third-order valence-electron chi connectivity index (χ3n) is 5.48. The van der Waals surface area contributed by atoms with Crippen molar-refractivity contribution in [2.45, 2.75) is 79.6 Å². The number of furan rings is 1. The molecule has 0 aromatic carbocycles. The Morgan fingerprint density at radius 1 is 1.25 bits per heavy atom. The Hall–Kier alpha value is -2.03. The molecule has 0 aliphatic heterocycles. The Morgan fingerprint density at radius 3 is 2.75 bits per heavy atom. The summed E-state index contributed by atoms with van der Waals surface area (Å²) in [7, 11) is 0. The highest BCUT2D eigenvalue weighted by Crippen LogP contribution is 2.40. The zero-order valence-electron chi connectivity index (χ0n) is 18.3. The molecule has 0 atom stereocenters. The van der Waals surface area contributed by atoms with Gasteiger partial charge in [0.05, 0.1) is 6.61 Å². The first-order chi connectivity index (χ1) is 13.3. The standard InChI is InChI=1S/C25H36O3/c1-6-7-8-9-17-27-24(26)23-15-13-21(28-23)18-19(2)12-14-22-20(3)11-10-16-25(22,4)5/h12-15,18H,6-11,16-17H2,1-5H3/b14-12+,19-18+. The molecule has 1 heterocycles. The highest BCUT2D eigenvalue weighted by molar-refractivity contribution is 5.86. The van der Waals surface area contributed by atoms with Gasteiger partial charge in [-0.3, -0.25) is 0 Å². The van der Waals surface area contributed by atoms with Crippen LogP contribution in [0.1, 0.15) is 95.9 Å². The minimum atomic E-state index is -0.380. The first-order valence-corrected chi connectivity index (χ1v) is 10.7. The zero-order valence-corrected chi connectivity index (χ0v) is 18.3. The van der Waals surface area contributed by atoms with Crippen LogP contribution in [0.15, 0.2) is 45.4 Å².